The lowest BCUT2D eigenvalue weighted by atomic mass is 10.0. The summed E-state index contributed by atoms with van der Waals surface area (Å²) in [5.41, 5.74) is 3.82. The molecule has 3 aromatic rings. The first-order chi connectivity index (χ1) is 16.4. The summed E-state index contributed by atoms with van der Waals surface area (Å²) in [7, 11) is 1.82. The average molecular weight is 493 g/mol. The number of rotatable bonds is 10. The summed E-state index contributed by atoms with van der Waals surface area (Å²) in [6, 6.07) is 9.47. The highest BCUT2D eigenvalue weighted by Gasteiger charge is 2.12. The van der Waals surface area contributed by atoms with Gasteiger partial charge in [-0.25, -0.2) is 9.98 Å². The number of halogens is 1. The number of hydrogen-bond acceptors (Lipinski definition) is 5. The molecule has 0 bridgehead atoms. The van der Waals surface area contributed by atoms with E-state index in [9.17, 15) is 9.59 Å². The fourth-order valence-corrected chi connectivity index (χ4v) is 3.66. The van der Waals surface area contributed by atoms with Crippen molar-refractivity contribution in [3.63, 3.8) is 0 Å². The molecule has 0 aliphatic heterocycles. The van der Waals surface area contributed by atoms with E-state index >= 15 is 0 Å². The van der Waals surface area contributed by atoms with E-state index in [-0.39, 0.29) is 18.4 Å². The van der Waals surface area contributed by atoms with Gasteiger partial charge in [0.1, 0.15) is 5.17 Å². The van der Waals surface area contributed by atoms with Gasteiger partial charge in [0.25, 0.3) is 5.91 Å². The fourth-order valence-electron chi connectivity index (χ4n) is 2.87. The van der Waals surface area contributed by atoms with Crippen LogP contribution in [-0.4, -0.2) is 40.4 Å². The normalized spacial score (nSPS) is 11.4. The summed E-state index contributed by atoms with van der Waals surface area (Å²) in [5, 5.41) is 8.18. The van der Waals surface area contributed by atoms with E-state index in [0.717, 1.165) is 22.4 Å². The molecule has 0 saturated carbocycles. The molecule has 0 atom stereocenters. The summed E-state index contributed by atoms with van der Waals surface area (Å²) >= 11 is 7.23. The zero-order chi connectivity index (χ0) is 24.5. The van der Waals surface area contributed by atoms with Gasteiger partial charge in [-0.1, -0.05) is 50.1 Å². The Kier molecular flexibility index (Phi) is 9.01. The van der Waals surface area contributed by atoms with Gasteiger partial charge in [0.2, 0.25) is 13.3 Å². The van der Waals surface area contributed by atoms with Gasteiger partial charge < -0.3 is 15.1 Å². The van der Waals surface area contributed by atoms with Crippen LogP contribution in [0.4, 0.5) is 5.13 Å². The molecule has 2 amide bonds. The average Bonchev–Trinajstić information content (AvgIpc) is 3.52. The SMILES string of the molecule is C=C(/C=C\N=C(Cl)CC)c1cccc(-c2csc(NC(=O)CNC(=O)c3ccn([B]C)c3)n2)c1. The summed E-state index contributed by atoms with van der Waals surface area (Å²) in [4.78, 5) is 33.0. The van der Waals surface area contributed by atoms with Gasteiger partial charge in [0, 0.05) is 23.3 Å². The van der Waals surface area contributed by atoms with Crippen LogP contribution in [0.15, 0.2) is 72.0 Å². The predicted molar refractivity (Wildman–Crippen MR) is 142 cm³/mol. The van der Waals surface area contributed by atoms with Crippen LogP contribution in [0.1, 0.15) is 29.3 Å². The number of anilines is 1. The Morgan fingerprint density at radius 1 is 1.32 bits per heavy atom. The van der Waals surface area contributed by atoms with E-state index in [1.165, 1.54) is 11.3 Å². The molecule has 2 N–H and O–H groups in total. The third-order valence-corrected chi connectivity index (χ3v) is 5.87. The van der Waals surface area contributed by atoms with Crippen molar-refractivity contribution in [2.45, 2.75) is 20.2 Å². The molecule has 7 nitrogen and oxygen atoms in total. The zero-order valence-electron chi connectivity index (χ0n) is 18.9. The van der Waals surface area contributed by atoms with Crippen LogP contribution < -0.4 is 10.6 Å². The van der Waals surface area contributed by atoms with Crippen LogP contribution in [0.3, 0.4) is 0 Å². The van der Waals surface area contributed by atoms with Gasteiger partial charge in [-0.05, 0) is 42.0 Å². The third kappa shape index (κ3) is 7.03. The van der Waals surface area contributed by atoms with Crippen molar-refractivity contribution in [1.82, 2.24) is 14.8 Å². The van der Waals surface area contributed by atoms with Crippen LogP contribution in [-0.2, 0) is 4.79 Å². The van der Waals surface area contributed by atoms with Gasteiger partial charge in [-0.3, -0.25) is 9.59 Å². The number of carbonyl (C=O) groups is 2. The number of benzene rings is 1. The standard InChI is InChI=1S/C24H24BClN5O2S/c1-4-21(26)27-10-8-16(2)17-6-5-7-18(12-17)20-15-34-24(29-20)30-22(32)13-28-23(33)19-9-11-31(14-19)25-3/h5-12,14-15H,2,4,13H2,1,3H3,(H,28,33)(H,29,30,32)/b10-8-,27-21?. The molecule has 0 unspecified atom stereocenters. The Hall–Kier alpha value is -3.43. The lowest BCUT2D eigenvalue weighted by Gasteiger charge is -2.04. The summed E-state index contributed by atoms with van der Waals surface area (Å²) in [6.07, 6.45) is 7.56. The Morgan fingerprint density at radius 3 is 2.88 bits per heavy atom. The Labute approximate surface area is 208 Å². The maximum absolute atomic E-state index is 12.3. The van der Waals surface area contributed by atoms with E-state index in [1.807, 2.05) is 50.8 Å². The molecular weight excluding hydrogens is 469 g/mol. The number of aliphatic imine (C=N–C) groups is 1. The number of nitrogens with one attached hydrogen (secondary N) is 2. The highest BCUT2D eigenvalue weighted by molar-refractivity contribution is 7.14. The molecule has 0 fully saturated rings. The highest BCUT2D eigenvalue weighted by Crippen LogP contribution is 2.27. The van der Waals surface area contributed by atoms with E-state index in [4.69, 9.17) is 11.6 Å². The molecule has 2 heterocycles. The first-order valence-corrected chi connectivity index (χ1v) is 11.8. The number of nitrogens with zero attached hydrogens (tertiary/aromatic N) is 3. The summed E-state index contributed by atoms with van der Waals surface area (Å²) < 4.78 is 1.77. The van der Waals surface area contributed by atoms with Crippen LogP contribution in [0.2, 0.25) is 6.82 Å². The molecule has 0 aliphatic carbocycles. The molecule has 0 saturated heterocycles. The number of amides is 2. The number of hydrogen-bond donors (Lipinski definition) is 2. The maximum atomic E-state index is 12.3. The van der Waals surface area contributed by atoms with Crippen molar-refractivity contribution < 1.29 is 9.59 Å². The van der Waals surface area contributed by atoms with Crippen LogP contribution in [0, 0.1) is 0 Å². The van der Waals surface area contributed by atoms with E-state index in [2.05, 4.69) is 27.2 Å². The molecule has 10 heteroatoms. The summed E-state index contributed by atoms with van der Waals surface area (Å²) in [6.45, 7) is 7.72. The first kappa shape index (κ1) is 25.2. The van der Waals surface area contributed by atoms with Crippen molar-refractivity contribution in [2.24, 2.45) is 4.99 Å². The minimum Gasteiger partial charge on any atom is -0.402 e. The maximum Gasteiger partial charge on any atom is 0.253 e. The third-order valence-electron chi connectivity index (χ3n) is 4.75. The van der Waals surface area contributed by atoms with Gasteiger partial charge in [-0.15, -0.1) is 11.3 Å². The molecule has 2 aromatic heterocycles. The highest BCUT2D eigenvalue weighted by atomic mass is 35.5. The molecule has 0 spiro atoms. The number of aromatic nitrogens is 2. The Balaban J connectivity index is 1.58. The van der Waals surface area contributed by atoms with Crippen molar-refractivity contribution in [1.29, 1.82) is 0 Å². The fraction of sp³-hybridized carbons (Fsp3) is 0.167. The second kappa shape index (κ2) is 12.2. The molecule has 3 rings (SSSR count). The van der Waals surface area contributed by atoms with Gasteiger partial charge in [0.05, 0.1) is 17.8 Å². The van der Waals surface area contributed by atoms with Crippen LogP contribution in [0.5, 0.6) is 0 Å². The topological polar surface area (TPSA) is 88.4 Å². The van der Waals surface area contributed by atoms with Gasteiger partial charge >= 0.3 is 0 Å². The van der Waals surface area contributed by atoms with Crippen molar-refractivity contribution in [3.05, 3.63) is 78.1 Å². The minimum absolute atomic E-state index is 0.152. The number of carbonyl (C=O) groups excluding carboxylic acids is 2. The number of thiazole rings is 1. The second-order valence-electron chi connectivity index (χ2n) is 7.16. The van der Waals surface area contributed by atoms with Gasteiger partial charge in [-0.2, -0.15) is 0 Å². The first-order valence-electron chi connectivity index (χ1n) is 10.6. The predicted octanol–water partition coefficient (Wildman–Crippen LogP) is 5.07. The van der Waals surface area contributed by atoms with E-state index in [1.54, 1.807) is 35.2 Å². The minimum atomic E-state index is -0.353. The van der Waals surface area contributed by atoms with Crippen LogP contribution in [0.25, 0.3) is 16.8 Å². The molecule has 1 radical (unpaired) electrons. The molecular formula is C24H24BClN5O2S. The Bertz CT molecular complexity index is 1250. The second-order valence-corrected chi connectivity index (χ2v) is 8.45. The Morgan fingerprint density at radius 2 is 2.15 bits per heavy atom. The van der Waals surface area contributed by atoms with E-state index < -0.39 is 0 Å². The lowest BCUT2D eigenvalue weighted by molar-refractivity contribution is -0.115. The van der Waals surface area contributed by atoms with Crippen molar-refractivity contribution in [2.75, 3.05) is 11.9 Å². The molecule has 1 aromatic carbocycles. The van der Waals surface area contributed by atoms with Gasteiger partial charge in [0.15, 0.2) is 5.13 Å². The smallest absolute Gasteiger partial charge is 0.253 e. The zero-order valence-corrected chi connectivity index (χ0v) is 20.5. The quantitative estimate of drug-likeness (QED) is 0.235. The van der Waals surface area contributed by atoms with Crippen LogP contribution >= 0.6 is 22.9 Å². The molecule has 34 heavy (non-hydrogen) atoms. The largest absolute Gasteiger partial charge is 0.402 e. The monoisotopic (exact) mass is 492 g/mol. The summed E-state index contributed by atoms with van der Waals surface area (Å²) in [5.74, 6) is -0.668. The van der Waals surface area contributed by atoms with Crippen molar-refractivity contribution >= 4 is 58.0 Å². The molecule has 173 valence electrons. The lowest BCUT2D eigenvalue weighted by Crippen LogP contribution is -2.32. The van der Waals surface area contributed by atoms with E-state index in [0.29, 0.717) is 22.3 Å². The van der Waals surface area contributed by atoms with Crippen molar-refractivity contribution in [3.8, 4) is 11.3 Å². The number of allylic oxidation sites excluding steroid dienone is 2. The molecule has 0 aliphatic rings.